The first kappa shape index (κ1) is 8.93. The fraction of sp³-hybridized carbons (Fsp3) is 1.00. The number of ether oxygens (including phenoxy) is 1. The van der Waals surface area contributed by atoms with Gasteiger partial charge in [0.05, 0.1) is 13.2 Å². The van der Waals surface area contributed by atoms with Crippen LogP contribution in [0.3, 0.4) is 0 Å². The van der Waals surface area contributed by atoms with E-state index in [0.29, 0.717) is 39.3 Å². The molecule has 0 unspecified atom stereocenters. The smallest absolute Gasteiger partial charge is 0.132 e. The number of morpholine rings is 1. The molecule has 0 atom stereocenters. The predicted molar refractivity (Wildman–Crippen MR) is 39.2 cm³/mol. The van der Waals surface area contributed by atoms with Gasteiger partial charge in [-0.1, -0.05) is 0 Å². The van der Waals surface area contributed by atoms with Crippen LogP contribution in [-0.2, 0) is 4.74 Å². The van der Waals surface area contributed by atoms with Crippen molar-refractivity contribution in [1.82, 2.24) is 0 Å². The largest absolute Gasteiger partial charge is 0.396 e. The highest BCUT2D eigenvalue weighted by molar-refractivity contribution is 4.43. The van der Waals surface area contributed by atoms with Crippen LogP contribution in [0.25, 0.3) is 0 Å². The first-order valence-electron chi connectivity index (χ1n) is 4.04. The lowest BCUT2D eigenvalue weighted by Crippen LogP contribution is -2.53. The summed E-state index contributed by atoms with van der Waals surface area (Å²) in [6.45, 7) is 3.35. The van der Waals surface area contributed by atoms with Crippen molar-refractivity contribution in [3.05, 3.63) is 0 Å². The number of aliphatic hydroxyl groups excluding tert-OH is 1. The van der Waals surface area contributed by atoms with Crippen molar-refractivity contribution in [2.45, 2.75) is 6.42 Å². The summed E-state index contributed by atoms with van der Waals surface area (Å²) in [5.41, 5.74) is 0. The van der Waals surface area contributed by atoms with E-state index in [1.165, 1.54) is 0 Å². The Labute approximate surface area is 66.5 Å². The quantitative estimate of drug-likeness (QED) is 0.555. The van der Waals surface area contributed by atoms with E-state index in [2.05, 4.69) is 0 Å². The summed E-state index contributed by atoms with van der Waals surface area (Å²) in [5.74, 6) is 0. The molecule has 11 heavy (non-hydrogen) atoms. The zero-order chi connectivity index (χ0) is 8.16. The molecule has 0 amide bonds. The number of aliphatic hydroxyl groups is 1. The molecular formula is C7H16NO3+. The molecule has 0 aromatic carbocycles. The lowest BCUT2D eigenvalue weighted by molar-refractivity contribution is -1.11. The number of hydroxylamine groups is 3. The topological polar surface area (TPSA) is 49.7 Å². The van der Waals surface area contributed by atoms with Crippen LogP contribution in [-0.4, -0.2) is 54.4 Å². The van der Waals surface area contributed by atoms with Gasteiger partial charge in [-0.3, -0.25) is 0 Å². The van der Waals surface area contributed by atoms with Crippen molar-refractivity contribution in [3.63, 3.8) is 0 Å². The third-order valence-corrected chi connectivity index (χ3v) is 2.04. The maximum absolute atomic E-state index is 9.75. The van der Waals surface area contributed by atoms with Gasteiger partial charge in [0.1, 0.15) is 19.6 Å². The molecule has 0 aliphatic carbocycles. The molecule has 0 saturated carbocycles. The van der Waals surface area contributed by atoms with Crippen LogP contribution in [0, 0.1) is 0 Å². The third-order valence-electron chi connectivity index (χ3n) is 2.04. The van der Waals surface area contributed by atoms with Crippen molar-refractivity contribution in [2.24, 2.45) is 0 Å². The highest BCUT2D eigenvalue weighted by atomic mass is 16.6. The Bertz CT molecular complexity index is 112. The van der Waals surface area contributed by atoms with Crippen molar-refractivity contribution in [2.75, 3.05) is 39.5 Å². The van der Waals surface area contributed by atoms with E-state index >= 15 is 0 Å². The van der Waals surface area contributed by atoms with E-state index in [0.717, 1.165) is 0 Å². The van der Waals surface area contributed by atoms with E-state index < -0.39 is 0 Å². The maximum Gasteiger partial charge on any atom is 0.132 e. The number of nitrogens with zero attached hydrogens (tertiary/aromatic N) is 1. The second-order valence-electron chi connectivity index (χ2n) is 2.96. The van der Waals surface area contributed by atoms with Gasteiger partial charge in [-0.15, -0.1) is 0 Å². The van der Waals surface area contributed by atoms with Crippen molar-refractivity contribution < 1.29 is 19.7 Å². The van der Waals surface area contributed by atoms with Crippen molar-refractivity contribution in [1.29, 1.82) is 0 Å². The summed E-state index contributed by atoms with van der Waals surface area (Å²) in [4.78, 5) is 0. The van der Waals surface area contributed by atoms with E-state index in [1.807, 2.05) is 0 Å². The number of quaternary nitrogens is 1. The van der Waals surface area contributed by atoms with Gasteiger partial charge in [-0.05, 0) is 0 Å². The average molecular weight is 162 g/mol. The zero-order valence-corrected chi connectivity index (χ0v) is 6.70. The van der Waals surface area contributed by atoms with Gasteiger partial charge in [0, 0.05) is 13.0 Å². The molecule has 4 heteroatoms. The Morgan fingerprint density at radius 1 is 1.27 bits per heavy atom. The molecular weight excluding hydrogens is 146 g/mol. The molecule has 0 radical (unpaired) electrons. The summed E-state index contributed by atoms with van der Waals surface area (Å²) in [5, 5.41) is 18.3. The molecule has 1 rings (SSSR count). The van der Waals surface area contributed by atoms with Crippen molar-refractivity contribution >= 4 is 0 Å². The highest BCUT2D eigenvalue weighted by Crippen LogP contribution is 2.07. The lowest BCUT2D eigenvalue weighted by Gasteiger charge is -2.33. The molecule has 0 spiro atoms. The maximum atomic E-state index is 9.75. The summed E-state index contributed by atoms with van der Waals surface area (Å²) in [7, 11) is 0. The average Bonchev–Trinajstić information content (AvgIpc) is 2.03. The molecule has 4 nitrogen and oxygen atoms in total. The Balaban J connectivity index is 2.25. The third kappa shape index (κ3) is 2.75. The van der Waals surface area contributed by atoms with Crippen LogP contribution < -0.4 is 0 Å². The Morgan fingerprint density at radius 3 is 2.45 bits per heavy atom. The van der Waals surface area contributed by atoms with E-state index in [1.54, 1.807) is 0 Å². The van der Waals surface area contributed by atoms with Gasteiger partial charge in [0.15, 0.2) is 0 Å². The van der Waals surface area contributed by atoms with Gasteiger partial charge in [0.25, 0.3) is 0 Å². The fourth-order valence-electron chi connectivity index (χ4n) is 1.27. The summed E-state index contributed by atoms with van der Waals surface area (Å²) in [6, 6.07) is 0. The van der Waals surface area contributed by atoms with Crippen LogP contribution in [0.15, 0.2) is 0 Å². The lowest BCUT2D eigenvalue weighted by atomic mass is 10.3. The molecule has 1 fully saturated rings. The van der Waals surface area contributed by atoms with E-state index in [-0.39, 0.29) is 11.3 Å². The molecule has 0 bridgehead atoms. The summed E-state index contributed by atoms with van der Waals surface area (Å²) < 4.78 is 5.18. The first-order chi connectivity index (χ1) is 5.27. The first-order valence-corrected chi connectivity index (χ1v) is 4.04. The van der Waals surface area contributed by atoms with Gasteiger partial charge in [0.2, 0.25) is 0 Å². The van der Waals surface area contributed by atoms with E-state index in [9.17, 15) is 5.21 Å². The number of rotatable bonds is 3. The predicted octanol–water partition coefficient (Wildman–Crippen LogP) is -0.395. The molecule has 2 N–H and O–H groups in total. The standard InChI is InChI=1S/C7H16NO3/c9-5-1-2-8(10)3-6-11-7-4-8/h9-10H,1-7H2/q+1. The molecule has 1 aliphatic heterocycles. The SMILES string of the molecule is OCCC[N+]1(O)CCOCC1. The Kier molecular flexibility index (Phi) is 3.26. The minimum Gasteiger partial charge on any atom is -0.396 e. The molecule has 0 aromatic rings. The minimum absolute atomic E-state index is 0.0700. The van der Waals surface area contributed by atoms with Crippen LogP contribution in [0.2, 0.25) is 0 Å². The normalized spacial score (nSPS) is 23.5. The molecule has 0 aromatic heterocycles. The molecule has 66 valence electrons. The van der Waals surface area contributed by atoms with Crippen LogP contribution >= 0.6 is 0 Å². The Morgan fingerprint density at radius 2 is 1.91 bits per heavy atom. The number of hydrogen-bond donors (Lipinski definition) is 2. The van der Waals surface area contributed by atoms with Gasteiger partial charge in [-0.25, -0.2) is 5.21 Å². The second kappa shape index (κ2) is 4.01. The van der Waals surface area contributed by atoms with Gasteiger partial charge >= 0.3 is 0 Å². The fourth-order valence-corrected chi connectivity index (χ4v) is 1.27. The minimum atomic E-state index is 0.0700. The van der Waals surface area contributed by atoms with Gasteiger partial charge in [-0.2, -0.15) is 4.65 Å². The van der Waals surface area contributed by atoms with Crippen molar-refractivity contribution in [3.8, 4) is 0 Å². The monoisotopic (exact) mass is 162 g/mol. The highest BCUT2D eigenvalue weighted by Gasteiger charge is 2.27. The van der Waals surface area contributed by atoms with Crippen LogP contribution in [0.1, 0.15) is 6.42 Å². The Hall–Kier alpha value is -0.160. The van der Waals surface area contributed by atoms with E-state index in [4.69, 9.17) is 9.84 Å². The zero-order valence-electron chi connectivity index (χ0n) is 6.70. The second-order valence-corrected chi connectivity index (χ2v) is 2.96. The summed E-state index contributed by atoms with van der Waals surface area (Å²) >= 11 is 0. The molecule has 1 heterocycles. The summed E-state index contributed by atoms with van der Waals surface area (Å²) in [6.07, 6.45) is 0.663. The van der Waals surface area contributed by atoms with Crippen LogP contribution in [0.5, 0.6) is 0 Å². The van der Waals surface area contributed by atoms with Crippen LogP contribution in [0.4, 0.5) is 0 Å². The van der Waals surface area contributed by atoms with Gasteiger partial charge < -0.3 is 9.84 Å². The number of hydrogen-bond acceptors (Lipinski definition) is 3. The molecule has 1 saturated heterocycles. The molecule has 1 aliphatic rings.